The van der Waals surface area contributed by atoms with Crippen LogP contribution >= 0.6 is 0 Å². The molecule has 0 aromatic heterocycles. The first-order valence-electron chi connectivity index (χ1n) is 5.71. The van der Waals surface area contributed by atoms with Crippen molar-refractivity contribution in [3.63, 3.8) is 0 Å². The molecule has 4 nitrogen and oxygen atoms in total. The molecule has 17 heavy (non-hydrogen) atoms. The standard InChI is InChI=1S/C13H19N3O/c1-3-10-15-16(4-2)13(17)14-11-12-8-6-5-7-9-12/h3,5-9,15H,1,4,10-11H2,2H3,(H,14,17). The van der Waals surface area contributed by atoms with Crippen LogP contribution in [0.3, 0.4) is 0 Å². The lowest BCUT2D eigenvalue weighted by molar-refractivity contribution is 0.177. The summed E-state index contributed by atoms with van der Waals surface area (Å²) in [6.07, 6.45) is 1.72. The van der Waals surface area contributed by atoms with Crippen LogP contribution < -0.4 is 10.7 Å². The minimum Gasteiger partial charge on any atom is -0.333 e. The van der Waals surface area contributed by atoms with Gasteiger partial charge in [-0.15, -0.1) is 6.58 Å². The maximum absolute atomic E-state index is 11.8. The third-order valence-corrected chi connectivity index (χ3v) is 2.27. The molecule has 0 aliphatic rings. The lowest BCUT2D eigenvalue weighted by atomic mass is 10.2. The van der Waals surface area contributed by atoms with Crippen molar-refractivity contribution in [1.82, 2.24) is 15.8 Å². The van der Waals surface area contributed by atoms with Crippen LogP contribution in [0.2, 0.25) is 0 Å². The molecule has 0 aliphatic carbocycles. The van der Waals surface area contributed by atoms with Gasteiger partial charge in [0.25, 0.3) is 0 Å². The van der Waals surface area contributed by atoms with Gasteiger partial charge in [0.2, 0.25) is 0 Å². The average Bonchev–Trinajstić information content (AvgIpc) is 2.38. The third-order valence-electron chi connectivity index (χ3n) is 2.27. The van der Waals surface area contributed by atoms with Crippen molar-refractivity contribution < 1.29 is 4.79 Å². The predicted octanol–water partition coefficient (Wildman–Crippen LogP) is 1.91. The van der Waals surface area contributed by atoms with E-state index in [1.165, 1.54) is 5.01 Å². The number of rotatable bonds is 6. The van der Waals surface area contributed by atoms with E-state index in [0.29, 0.717) is 19.6 Å². The summed E-state index contributed by atoms with van der Waals surface area (Å²) in [5.41, 5.74) is 4.04. The zero-order valence-corrected chi connectivity index (χ0v) is 10.1. The second-order valence-electron chi connectivity index (χ2n) is 3.54. The molecule has 4 heteroatoms. The van der Waals surface area contributed by atoms with E-state index in [-0.39, 0.29) is 6.03 Å². The maximum Gasteiger partial charge on any atom is 0.331 e. The Kier molecular flexibility index (Phi) is 5.82. The molecule has 0 bridgehead atoms. The van der Waals surface area contributed by atoms with Crippen LogP contribution in [-0.2, 0) is 6.54 Å². The fourth-order valence-electron chi connectivity index (χ4n) is 1.37. The highest BCUT2D eigenvalue weighted by Crippen LogP contribution is 1.97. The molecule has 0 unspecified atom stereocenters. The Balaban J connectivity index is 2.39. The third kappa shape index (κ3) is 4.70. The Morgan fingerprint density at radius 1 is 1.41 bits per heavy atom. The molecule has 0 radical (unpaired) electrons. The monoisotopic (exact) mass is 233 g/mol. The zero-order valence-electron chi connectivity index (χ0n) is 10.1. The second kappa shape index (κ2) is 7.46. The number of carbonyl (C=O) groups excluding carboxylic acids is 1. The molecule has 92 valence electrons. The largest absolute Gasteiger partial charge is 0.333 e. The number of hydrogen-bond donors (Lipinski definition) is 2. The first kappa shape index (κ1) is 13.3. The number of urea groups is 1. The van der Waals surface area contributed by atoms with Gasteiger partial charge >= 0.3 is 6.03 Å². The molecule has 0 heterocycles. The van der Waals surface area contributed by atoms with E-state index in [0.717, 1.165) is 5.56 Å². The number of hydrazine groups is 1. The minimum atomic E-state index is -0.127. The molecular weight excluding hydrogens is 214 g/mol. The SMILES string of the molecule is C=CCNN(CC)C(=O)NCc1ccccc1. The first-order chi connectivity index (χ1) is 8.27. The fraction of sp³-hybridized carbons (Fsp3) is 0.308. The lowest BCUT2D eigenvalue weighted by Crippen LogP contribution is -2.47. The molecule has 0 aliphatic heterocycles. The number of benzene rings is 1. The average molecular weight is 233 g/mol. The van der Waals surface area contributed by atoms with Crippen molar-refractivity contribution in [2.75, 3.05) is 13.1 Å². The van der Waals surface area contributed by atoms with Crippen molar-refractivity contribution in [2.24, 2.45) is 0 Å². The molecular formula is C13H19N3O. The summed E-state index contributed by atoms with van der Waals surface area (Å²) in [5, 5.41) is 4.38. The van der Waals surface area contributed by atoms with Gasteiger partial charge in [-0.3, -0.25) is 5.01 Å². The molecule has 0 fully saturated rings. The Morgan fingerprint density at radius 3 is 2.71 bits per heavy atom. The van der Waals surface area contributed by atoms with E-state index in [2.05, 4.69) is 17.3 Å². The van der Waals surface area contributed by atoms with Gasteiger partial charge in [0, 0.05) is 19.6 Å². The fourth-order valence-corrected chi connectivity index (χ4v) is 1.37. The van der Waals surface area contributed by atoms with E-state index in [1.807, 2.05) is 37.3 Å². The highest BCUT2D eigenvalue weighted by Gasteiger charge is 2.08. The summed E-state index contributed by atoms with van der Waals surface area (Å²) in [7, 11) is 0. The molecule has 2 amide bonds. The number of hydrogen-bond acceptors (Lipinski definition) is 2. The Labute approximate surface area is 102 Å². The molecule has 1 rings (SSSR count). The van der Waals surface area contributed by atoms with Gasteiger partial charge in [-0.05, 0) is 12.5 Å². The number of carbonyl (C=O) groups is 1. The van der Waals surface area contributed by atoms with Gasteiger partial charge in [-0.2, -0.15) is 0 Å². The van der Waals surface area contributed by atoms with E-state index in [9.17, 15) is 4.79 Å². The van der Waals surface area contributed by atoms with Crippen LogP contribution in [0.15, 0.2) is 43.0 Å². The highest BCUT2D eigenvalue weighted by molar-refractivity contribution is 5.73. The molecule has 1 aromatic carbocycles. The quantitative estimate of drug-likeness (QED) is 0.582. The van der Waals surface area contributed by atoms with Crippen LogP contribution in [0.4, 0.5) is 4.79 Å². The number of nitrogens with zero attached hydrogens (tertiary/aromatic N) is 1. The van der Waals surface area contributed by atoms with E-state index >= 15 is 0 Å². The topological polar surface area (TPSA) is 44.4 Å². The van der Waals surface area contributed by atoms with Gasteiger partial charge in [0.1, 0.15) is 0 Å². The Bertz CT molecular complexity index is 351. The highest BCUT2D eigenvalue weighted by atomic mass is 16.2. The van der Waals surface area contributed by atoms with E-state index in [1.54, 1.807) is 6.08 Å². The van der Waals surface area contributed by atoms with Crippen LogP contribution in [-0.4, -0.2) is 24.1 Å². The number of amides is 2. The first-order valence-corrected chi connectivity index (χ1v) is 5.71. The summed E-state index contributed by atoms with van der Waals surface area (Å²) in [4.78, 5) is 11.8. The van der Waals surface area contributed by atoms with Crippen molar-refractivity contribution in [1.29, 1.82) is 0 Å². The van der Waals surface area contributed by atoms with Crippen molar-refractivity contribution in [2.45, 2.75) is 13.5 Å². The van der Waals surface area contributed by atoms with Crippen molar-refractivity contribution in [3.05, 3.63) is 48.6 Å². The van der Waals surface area contributed by atoms with Crippen molar-refractivity contribution in [3.8, 4) is 0 Å². The summed E-state index contributed by atoms with van der Waals surface area (Å²) >= 11 is 0. The van der Waals surface area contributed by atoms with Gasteiger partial charge < -0.3 is 5.32 Å². The van der Waals surface area contributed by atoms with Gasteiger partial charge in [-0.1, -0.05) is 36.4 Å². The van der Waals surface area contributed by atoms with E-state index in [4.69, 9.17) is 0 Å². The zero-order chi connectivity index (χ0) is 12.5. The molecule has 1 aromatic rings. The number of nitrogens with one attached hydrogen (secondary N) is 2. The van der Waals surface area contributed by atoms with Gasteiger partial charge in [0.15, 0.2) is 0 Å². The van der Waals surface area contributed by atoms with Crippen LogP contribution in [0, 0.1) is 0 Å². The summed E-state index contributed by atoms with van der Waals surface area (Å²) < 4.78 is 0. The lowest BCUT2D eigenvalue weighted by Gasteiger charge is -2.21. The van der Waals surface area contributed by atoms with Gasteiger partial charge in [0.05, 0.1) is 0 Å². The summed E-state index contributed by atoms with van der Waals surface area (Å²) in [5.74, 6) is 0. The summed E-state index contributed by atoms with van der Waals surface area (Å²) in [6.45, 7) is 7.23. The molecule has 0 spiro atoms. The minimum absolute atomic E-state index is 0.127. The smallest absolute Gasteiger partial charge is 0.331 e. The van der Waals surface area contributed by atoms with Crippen molar-refractivity contribution >= 4 is 6.03 Å². The van der Waals surface area contributed by atoms with Gasteiger partial charge in [-0.25, -0.2) is 10.2 Å². The normalized spacial score (nSPS) is 9.71. The second-order valence-corrected chi connectivity index (χ2v) is 3.54. The summed E-state index contributed by atoms with van der Waals surface area (Å²) in [6, 6.07) is 9.69. The Hall–Kier alpha value is -1.81. The van der Waals surface area contributed by atoms with Crippen LogP contribution in [0.5, 0.6) is 0 Å². The Morgan fingerprint density at radius 2 is 2.12 bits per heavy atom. The molecule has 0 atom stereocenters. The van der Waals surface area contributed by atoms with Crippen LogP contribution in [0.1, 0.15) is 12.5 Å². The molecule has 0 saturated heterocycles. The molecule has 2 N–H and O–H groups in total. The molecule has 0 saturated carbocycles. The maximum atomic E-state index is 11.8. The van der Waals surface area contributed by atoms with Crippen LogP contribution in [0.25, 0.3) is 0 Å². The van der Waals surface area contributed by atoms with E-state index < -0.39 is 0 Å². The predicted molar refractivity (Wildman–Crippen MR) is 69.3 cm³/mol.